The molecule has 0 aliphatic heterocycles. The monoisotopic (exact) mass is 393 g/mol. The largest absolute Gasteiger partial charge is 0.483 e. The molecule has 3 rings (SSSR count). The number of rotatable bonds is 6. The summed E-state index contributed by atoms with van der Waals surface area (Å²) in [4.78, 5) is 25.2. The summed E-state index contributed by atoms with van der Waals surface area (Å²) < 4.78 is 5.64. The van der Waals surface area contributed by atoms with Gasteiger partial charge in [0.1, 0.15) is 5.75 Å². The van der Waals surface area contributed by atoms with Crippen LogP contribution >= 0.6 is 11.6 Å². The van der Waals surface area contributed by atoms with Crippen molar-refractivity contribution in [1.82, 2.24) is 0 Å². The Labute approximate surface area is 169 Å². The van der Waals surface area contributed by atoms with Gasteiger partial charge in [0.05, 0.1) is 5.69 Å². The van der Waals surface area contributed by atoms with Gasteiger partial charge in [-0.2, -0.15) is 0 Å². The Hall–Kier alpha value is -3.11. The SMILES string of the molecule is Cc1cccc(OCC(=O)Nc2ccc(Cl)cc2C(=O)c2ccccc2)c1C. The van der Waals surface area contributed by atoms with Crippen LogP contribution in [0.5, 0.6) is 5.75 Å². The zero-order valence-electron chi connectivity index (χ0n) is 15.7. The molecule has 1 amide bonds. The van der Waals surface area contributed by atoms with E-state index in [0.717, 1.165) is 11.1 Å². The Morgan fingerprint density at radius 3 is 2.46 bits per heavy atom. The number of carbonyl (C=O) groups is 2. The Morgan fingerprint density at radius 1 is 0.964 bits per heavy atom. The lowest BCUT2D eigenvalue weighted by Gasteiger charge is -2.13. The number of carbonyl (C=O) groups excluding carboxylic acids is 2. The number of nitrogens with one attached hydrogen (secondary N) is 1. The second-order valence-electron chi connectivity index (χ2n) is 6.42. The highest BCUT2D eigenvalue weighted by Crippen LogP contribution is 2.24. The predicted octanol–water partition coefficient (Wildman–Crippen LogP) is 5.21. The molecule has 0 heterocycles. The zero-order valence-corrected chi connectivity index (χ0v) is 16.4. The minimum absolute atomic E-state index is 0.161. The molecule has 0 unspecified atom stereocenters. The second-order valence-corrected chi connectivity index (χ2v) is 6.86. The molecular weight excluding hydrogens is 374 g/mol. The van der Waals surface area contributed by atoms with Crippen LogP contribution in [0.1, 0.15) is 27.0 Å². The van der Waals surface area contributed by atoms with E-state index in [1.54, 1.807) is 42.5 Å². The maximum Gasteiger partial charge on any atom is 0.262 e. The summed E-state index contributed by atoms with van der Waals surface area (Å²) in [7, 11) is 0. The van der Waals surface area contributed by atoms with E-state index >= 15 is 0 Å². The van der Waals surface area contributed by atoms with Crippen molar-refractivity contribution in [2.45, 2.75) is 13.8 Å². The molecular formula is C23H20ClNO3. The molecule has 0 aliphatic carbocycles. The minimum Gasteiger partial charge on any atom is -0.483 e. The van der Waals surface area contributed by atoms with Crippen molar-refractivity contribution in [2.75, 3.05) is 11.9 Å². The number of hydrogen-bond acceptors (Lipinski definition) is 3. The lowest BCUT2D eigenvalue weighted by atomic mass is 10.0. The normalized spacial score (nSPS) is 10.4. The molecule has 4 nitrogen and oxygen atoms in total. The van der Waals surface area contributed by atoms with Crippen LogP contribution in [-0.2, 0) is 4.79 Å². The number of ether oxygens (including phenoxy) is 1. The van der Waals surface area contributed by atoms with Gasteiger partial charge in [0.25, 0.3) is 5.91 Å². The molecule has 0 saturated carbocycles. The van der Waals surface area contributed by atoms with E-state index in [0.29, 0.717) is 27.6 Å². The number of anilines is 1. The van der Waals surface area contributed by atoms with Crippen molar-refractivity contribution >= 4 is 29.0 Å². The quantitative estimate of drug-likeness (QED) is 0.585. The topological polar surface area (TPSA) is 55.4 Å². The second kappa shape index (κ2) is 8.72. The molecule has 0 radical (unpaired) electrons. The van der Waals surface area contributed by atoms with Gasteiger partial charge in [-0.3, -0.25) is 9.59 Å². The number of hydrogen-bond donors (Lipinski definition) is 1. The molecule has 3 aromatic rings. The lowest BCUT2D eigenvalue weighted by Crippen LogP contribution is -2.22. The summed E-state index contributed by atoms with van der Waals surface area (Å²) in [5, 5.41) is 3.17. The van der Waals surface area contributed by atoms with Gasteiger partial charge in [-0.25, -0.2) is 0 Å². The number of amides is 1. The van der Waals surface area contributed by atoms with Gasteiger partial charge >= 0.3 is 0 Å². The van der Waals surface area contributed by atoms with E-state index in [9.17, 15) is 9.59 Å². The van der Waals surface area contributed by atoms with Crippen LogP contribution in [0.3, 0.4) is 0 Å². The first kappa shape index (κ1) is 19.6. The number of halogens is 1. The summed E-state index contributed by atoms with van der Waals surface area (Å²) in [6.07, 6.45) is 0. The van der Waals surface area contributed by atoms with Gasteiger partial charge in [-0.1, -0.05) is 54.1 Å². The summed E-state index contributed by atoms with van der Waals surface area (Å²) >= 11 is 6.07. The average molecular weight is 394 g/mol. The van der Waals surface area contributed by atoms with Crippen molar-refractivity contribution in [1.29, 1.82) is 0 Å². The van der Waals surface area contributed by atoms with Crippen molar-refractivity contribution in [3.63, 3.8) is 0 Å². The molecule has 142 valence electrons. The van der Waals surface area contributed by atoms with E-state index in [4.69, 9.17) is 16.3 Å². The van der Waals surface area contributed by atoms with Crippen LogP contribution in [0.4, 0.5) is 5.69 Å². The van der Waals surface area contributed by atoms with Gasteiger partial charge in [-0.05, 0) is 49.2 Å². The van der Waals surface area contributed by atoms with Crippen LogP contribution in [0, 0.1) is 13.8 Å². The summed E-state index contributed by atoms with van der Waals surface area (Å²) in [6.45, 7) is 3.77. The molecule has 0 fully saturated rings. The van der Waals surface area contributed by atoms with Gasteiger partial charge < -0.3 is 10.1 Å². The molecule has 0 aromatic heterocycles. The summed E-state index contributed by atoms with van der Waals surface area (Å²) in [6, 6.07) is 19.3. The van der Waals surface area contributed by atoms with Crippen LogP contribution in [-0.4, -0.2) is 18.3 Å². The molecule has 0 saturated heterocycles. The van der Waals surface area contributed by atoms with E-state index in [-0.39, 0.29) is 18.3 Å². The van der Waals surface area contributed by atoms with Gasteiger partial charge in [0, 0.05) is 16.1 Å². The Kier molecular flexibility index (Phi) is 6.12. The molecule has 3 aromatic carbocycles. The lowest BCUT2D eigenvalue weighted by molar-refractivity contribution is -0.118. The number of benzene rings is 3. The fourth-order valence-electron chi connectivity index (χ4n) is 2.77. The average Bonchev–Trinajstić information content (AvgIpc) is 2.70. The maximum atomic E-state index is 12.8. The first-order valence-corrected chi connectivity index (χ1v) is 9.21. The Morgan fingerprint density at radius 2 is 1.71 bits per heavy atom. The standard InChI is InChI=1S/C23H20ClNO3/c1-15-7-6-10-21(16(15)2)28-14-22(26)25-20-12-11-18(24)13-19(20)23(27)17-8-4-3-5-9-17/h3-13H,14H2,1-2H3,(H,25,26). The predicted molar refractivity (Wildman–Crippen MR) is 111 cm³/mol. The fraction of sp³-hybridized carbons (Fsp3) is 0.130. The molecule has 28 heavy (non-hydrogen) atoms. The van der Waals surface area contributed by atoms with E-state index in [1.165, 1.54) is 0 Å². The number of aryl methyl sites for hydroxylation is 1. The van der Waals surface area contributed by atoms with Crippen molar-refractivity contribution < 1.29 is 14.3 Å². The Bertz CT molecular complexity index is 1020. The highest BCUT2D eigenvalue weighted by atomic mass is 35.5. The van der Waals surface area contributed by atoms with Crippen LogP contribution < -0.4 is 10.1 Å². The smallest absolute Gasteiger partial charge is 0.262 e. The van der Waals surface area contributed by atoms with Crippen molar-refractivity contribution in [2.24, 2.45) is 0 Å². The van der Waals surface area contributed by atoms with E-state index in [1.807, 2.05) is 38.1 Å². The third kappa shape index (κ3) is 4.59. The van der Waals surface area contributed by atoms with Crippen molar-refractivity contribution in [3.8, 4) is 5.75 Å². The van der Waals surface area contributed by atoms with E-state index in [2.05, 4.69) is 5.32 Å². The van der Waals surface area contributed by atoms with E-state index < -0.39 is 0 Å². The van der Waals surface area contributed by atoms with Gasteiger partial charge in [0.2, 0.25) is 0 Å². The highest BCUT2D eigenvalue weighted by molar-refractivity contribution is 6.31. The molecule has 5 heteroatoms. The highest BCUT2D eigenvalue weighted by Gasteiger charge is 2.16. The molecule has 0 spiro atoms. The van der Waals surface area contributed by atoms with Gasteiger partial charge in [-0.15, -0.1) is 0 Å². The van der Waals surface area contributed by atoms with Crippen LogP contribution in [0.15, 0.2) is 66.7 Å². The molecule has 0 bridgehead atoms. The van der Waals surface area contributed by atoms with Crippen LogP contribution in [0.25, 0.3) is 0 Å². The summed E-state index contributed by atoms with van der Waals surface area (Å²) in [5.74, 6) is 0.0889. The molecule has 0 atom stereocenters. The third-order valence-electron chi connectivity index (χ3n) is 4.45. The Balaban J connectivity index is 1.76. The number of ketones is 1. The van der Waals surface area contributed by atoms with Gasteiger partial charge in [0.15, 0.2) is 12.4 Å². The fourth-order valence-corrected chi connectivity index (χ4v) is 2.94. The molecule has 0 aliphatic rings. The molecule has 1 N–H and O–H groups in total. The van der Waals surface area contributed by atoms with Crippen LogP contribution in [0.2, 0.25) is 5.02 Å². The first-order chi connectivity index (χ1) is 13.5. The maximum absolute atomic E-state index is 12.8. The minimum atomic E-state index is -0.356. The van der Waals surface area contributed by atoms with Crippen molar-refractivity contribution in [3.05, 3.63) is 94.0 Å². The summed E-state index contributed by atoms with van der Waals surface area (Å²) in [5.41, 5.74) is 3.33. The third-order valence-corrected chi connectivity index (χ3v) is 4.69. The zero-order chi connectivity index (χ0) is 20.1. The first-order valence-electron chi connectivity index (χ1n) is 8.84.